The highest BCUT2D eigenvalue weighted by molar-refractivity contribution is 5.29. The predicted octanol–water partition coefficient (Wildman–Crippen LogP) is 2.80. The SMILES string of the molecule is Fc1ccc(C(F)F)cc1C1CCN1. The molecule has 4 heteroatoms. The molecule has 1 saturated heterocycles. The second-order valence-corrected chi connectivity index (χ2v) is 3.38. The van der Waals surface area contributed by atoms with Gasteiger partial charge in [-0.1, -0.05) is 6.07 Å². The molecule has 1 aliphatic heterocycles. The quantitative estimate of drug-likeness (QED) is 0.775. The minimum Gasteiger partial charge on any atom is -0.310 e. The Kier molecular flexibility index (Phi) is 2.46. The van der Waals surface area contributed by atoms with E-state index in [1.165, 1.54) is 6.07 Å². The lowest BCUT2D eigenvalue weighted by molar-refractivity contribution is 0.151. The summed E-state index contributed by atoms with van der Waals surface area (Å²) < 4.78 is 37.9. The third-order valence-electron chi connectivity index (χ3n) is 2.47. The molecule has 0 bridgehead atoms. The van der Waals surface area contributed by atoms with Crippen molar-refractivity contribution >= 4 is 0 Å². The highest BCUT2D eigenvalue weighted by atomic mass is 19.3. The molecule has 76 valence electrons. The first-order valence-corrected chi connectivity index (χ1v) is 4.49. The number of hydrogen-bond acceptors (Lipinski definition) is 1. The molecule has 0 spiro atoms. The summed E-state index contributed by atoms with van der Waals surface area (Å²) in [7, 11) is 0. The van der Waals surface area contributed by atoms with E-state index in [1.807, 2.05) is 0 Å². The third-order valence-corrected chi connectivity index (χ3v) is 2.47. The summed E-state index contributed by atoms with van der Waals surface area (Å²) in [4.78, 5) is 0. The zero-order chi connectivity index (χ0) is 10.1. The van der Waals surface area contributed by atoms with Crippen molar-refractivity contribution < 1.29 is 13.2 Å². The van der Waals surface area contributed by atoms with E-state index in [-0.39, 0.29) is 11.6 Å². The van der Waals surface area contributed by atoms with E-state index < -0.39 is 12.2 Å². The molecule has 1 aliphatic rings. The third kappa shape index (κ3) is 1.62. The van der Waals surface area contributed by atoms with E-state index in [0.717, 1.165) is 25.1 Å². The van der Waals surface area contributed by atoms with Gasteiger partial charge in [-0.2, -0.15) is 0 Å². The maximum atomic E-state index is 13.2. The standard InChI is InChI=1S/C10H10F3N/c11-8-2-1-6(10(12)13)5-7(8)9-3-4-14-9/h1-2,5,9-10,14H,3-4H2. The molecule has 1 fully saturated rings. The lowest BCUT2D eigenvalue weighted by Gasteiger charge is -2.28. The van der Waals surface area contributed by atoms with Crippen LogP contribution in [0, 0.1) is 5.82 Å². The molecule has 1 aromatic rings. The lowest BCUT2D eigenvalue weighted by Crippen LogP contribution is -2.35. The van der Waals surface area contributed by atoms with Gasteiger partial charge in [0.05, 0.1) is 0 Å². The molecule has 14 heavy (non-hydrogen) atoms. The molecule has 1 atom stereocenters. The van der Waals surface area contributed by atoms with E-state index in [2.05, 4.69) is 5.32 Å². The predicted molar refractivity (Wildman–Crippen MR) is 46.7 cm³/mol. The molecule has 0 aromatic heterocycles. The fraction of sp³-hybridized carbons (Fsp3) is 0.400. The summed E-state index contributed by atoms with van der Waals surface area (Å²) in [6.45, 7) is 0.822. The van der Waals surface area contributed by atoms with Crippen molar-refractivity contribution in [3.63, 3.8) is 0 Å². The molecular weight excluding hydrogens is 191 g/mol. The summed E-state index contributed by atoms with van der Waals surface area (Å²) in [5.41, 5.74) is 0.240. The van der Waals surface area contributed by atoms with E-state index in [4.69, 9.17) is 0 Å². The summed E-state index contributed by atoms with van der Waals surface area (Å²) in [5, 5.41) is 2.98. The Balaban J connectivity index is 2.31. The molecule has 1 heterocycles. The molecule has 0 amide bonds. The average Bonchev–Trinajstić information content (AvgIpc) is 2.05. The van der Waals surface area contributed by atoms with Crippen LogP contribution in [0.5, 0.6) is 0 Å². The van der Waals surface area contributed by atoms with Crippen molar-refractivity contribution in [2.24, 2.45) is 0 Å². The largest absolute Gasteiger partial charge is 0.310 e. The maximum absolute atomic E-state index is 13.2. The highest BCUT2D eigenvalue weighted by Crippen LogP contribution is 2.29. The van der Waals surface area contributed by atoms with Gasteiger partial charge >= 0.3 is 0 Å². The number of nitrogens with one attached hydrogen (secondary N) is 1. The minimum atomic E-state index is -2.53. The number of rotatable bonds is 2. The summed E-state index contributed by atoms with van der Waals surface area (Å²) >= 11 is 0. The maximum Gasteiger partial charge on any atom is 0.263 e. The van der Waals surface area contributed by atoms with E-state index in [9.17, 15) is 13.2 Å². The summed E-state index contributed by atoms with van der Waals surface area (Å²) in [5.74, 6) is -0.411. The second kappa shape index (κ2) is 3.61. The van der Waals surface area contributed by atoms with Crippen molar-refractivity contribution in [3.8, 4) is 0 Å². The van der Waals surface area contributed by atoms with E-state index in [0.29, 0.717) is 5.56 Å². The number of benzene rings is 1. The lowest BCUT2D eigenvalue weighted by atomic mass is 9.96. The topological polar surface area (TPSA) is 12.0 Å². The first-order valence-electron chi connectivity index (χ1n) is 4.49. The van der Waals surface area contributed by atoms with E-state index in [1.54, 1.807) is 0 Å². The Bertz CT molecular complexity index is 334. The van der Waals surface area contributed by atoms with Crippen molar-refractivity contribution in [1.29, 1.82) is 0 Å². The van der Waals surface area contributed by atoms with Gasteiger partial charge in [0.2, 0.25) is 0 Å². The summed E-state index contributed by atoms with van der Waals surface area (Å²) in [6.07, 6.45) is -1.72. The summed E-state index contributed by atoms with van der Waals surface area (Å²) in [6, 6.07) is 3.39. The van der Waals surface area contributed by atoms with Crippen molar-refractivity contribution in [1.82, 2.24) is 5.32 Å². The molecule has 2 rings (SSSR count). The number of hydrogen-bond donors (Lipinski definition) is 1. The number of alkyl halides is 2. The van der Waals surface area contributed by atoms with Gasteiger partial charge in [-0.05, 0) is 25.1 Å². The van der Waals surface area contributed by atoms with Crippen LogP contribution < -0.4 is 5.32 Å². The fourth-order valence-corrected chi connectivity index (χ4v) is 1.52. The van der Waals surface area contributed by atoms with Crippen LogP contribution in [0.1, 0.15) is 30.0 Å². The fourth-order valence-electron chi connectivity index (χ4n) is 1.52. The molecule has 0 aliphatic carbocycles. The van der Waals surface area contributed by atoms with Crippen LogP contribution in [-0.2, 0) is 0 Å². The van der Waals surface area contributed by atoms with Crippen LogP contribution >= 0.6 is 0 Å². The molecule has 0 saturated carbocycles. The van der Waals surface area contributed by atoms with Gasteiger partial charge in [-0.3, -0.25) is 0 Å². The van der Waals surface area contributed by atoms with E-state index >= 15 is 0 Å². The average molecular weight is 201 g/mol. The Morgan fingerprint density at radius 1 is 1.36 bits per heavy atom. The van der Waals surface area contributed by atoms with Crippen LogP contribution in [0.2, 0.25) is 0 Å². The monoisotopic (exact) mass is 201 g/mol. The van der Waals surface area contributed by atoms with Gasteiger partial charge in [-0.15, -0.1) is 0 Å². The van der Waals surface area contributed by atoms with Crippen LogP contribution in [0.3, 0.4) is 0 Å². The Morgan fingerprint density at radius 3 is 2.57 bits per heavy atom. The van der Waals surface area contributed by atoms with Crippen molar-refractivity contribution in [2.75, 3.05) is 6.54 Å². The molecule has 1 aromatic carbocycles. The zero-order valence-corrected chi connectivity index (χ0v) is 7.43. The first kappa shape index (κ1) is 9.52. The Hall–Kier alpha value is -1.03. The van der Waals surface area contributed by atoms with Crippen LogP contribution in [-0.4, -0.2) is 6.54 Å². The van der Waals surface area contributed by atoms with Crippen LogP contribution in [0.4, 0.5) is 13.2 Å². The Labute approximate surface area is 79.9 Å². The molecular formula is C10H10F3N. The van der Waals surface area contributed by atoms with Gasteiger partial charge in [-0.25, -0.2) is 13.2 Å². The van der Waals surface area contributed by atoms with Crippen LogP contribution in [0.25, 0.3) is 0 Å². The van der Waals surface area contributed by atoms with Gasteiger partial charge in [0.1, 0.15) is 5.82 Å². The van der Waals surface area contributed by atoms with Gasteiger partial charge in [0, 0.05) is 17.2 Å². The highest BCUT2D eigenvalue weighted by Gasteiger charge is 2.23. The van der Waals surface area contributed by atoms with Gasteiger partial charge < -0.3 is 5.32 Å². The zero-order valence-electron chi connectivity index (χ0n) is 7.43. The number of halogens is 3. The van der Waals surface area contributed by atoms with Crippen LogP contribution in [0.15, 0.2) is 18.2 Å². The van der Waals surface area contributed by atoms with Crippen molar-refractivity contribution in [3.05, 3.63) is 35.1 Å². The van der Waals surface area contributed by atoms with Gasteiger partial charge in [0.25, 0.3) is 6.43 Å². The van der Waals surface area contributed by atoms with Crippen molar-refractivity contribution in [2.45, 2.75) is 18.9 Å². The normalized spacial score (nSPS) is 21.0. The molecule has 1 nitrogen and oxygen atoms in total. The molecule has 1 N–H and O–H groups in total. The van der Waals surface area contributed by atoms with Gasteiger partial charge in [0.15, 0.2) is 0 Å². The first-order chi connectivity index (χ1) is 6.68. The minimum absolute atomic E-state index is 0.0892. The Morgan fingerprint density at radius 2 is 2.07 bits per heavy atom. The molecule has 1 unspecified atom stereocenters. The second-order valence-electron chi connectivity index (χ2n) is 3.38. The molecule has 0 radical (unpaired) electrons. The smallest absolute Gasteiger partial charge is 0.263 e.